The summed E-state index contributed by atoms with van der Waals surface area (Å²) in [5, 5.41) is 2.82. The Kier molecular flexibility index (Phi) is 9.79. The van der Waals surface area contributed by atoms with E-state index >= 15 is 0 Å². The lowest BCUT2D eigenvalue weighted by Gasteiger charge is -2.45. The minimum absolute atomic E-state index is 0.0118. The van der Waals surface area contributed by atoms with Crippen molar-refractivity contribution in [1.29, 1.82) is 0 Å². The molecule has 2 aromatic carbocycles. The fraction of sp³-hybridized carbons (Fsp3) is 0.533. The molecule has 0 aromatic heterocycles. The Balaban J connectivity index is 2.54. The van der Waals surface area contributed by atoms with Crippen LogP contribution in [0.3, 0.4) is 0 Å². The lowest BCUT2D eigenvalue weighted by Crippen LogP contribution is -2.67. The van der Waals surface area contributed by atoms with Gasteiger partial charge in [-0.2, -0.15) is 0 Å². The number of benzene rings is 2. The van der Waals surface area contributed by atoms with Crippen molar-refractivity contribution in [3.63, 3.8) is 0 Å². The summed E-state index contributed by atoms with van der Waals surface area (Å²) in [6.45, 7) is 26.5. The molecule has 0 bridgehead atoms. The summed E-state index contributed by atoms with van der Waals surface area (Å²) >= 11 is 0. The van der Waals surface area contributed by atoms with Gasteiger partial charge in [0, 0.05) is 6.61 Å². The minimum atomic E-state index is -2.62. The van der Waals surface area contributed by atoms with Crippen LogP contribution in [-0.2, 0) is 8.85 Å². The summed E-state index contributed by atoms with van der Waals surface area (Å²) in [6, 6.07) is 21.9. The van der Waals surface area contributed by atoms with E-state index in [2.05, 4.69) is 147 Å². The van der Waals surface area contributed by atoms with Crippen molar-refractivity contribution in [3.8, 4) is 0 Å². The van der Waals surface area contributed by atoms with Crippen molar-refractivity contribution in [2.75, 3.05) is 6.61 Å². The molecule has 194 valence electrons. The molecule has 0 radical (unpaired) electrons. The Bertz CT molecular complexity index is 894. The molecule has 0 saturated heterocycles. The van der Waals surface area contributed by atoms with E-state index in [-0.39, 0.29) is 16.2 Å². The maximum Gasteiger partial charge on any atom is 0.261 e. The van der Waals surface area contributed by atoms with Crippen LogP contribution in [0.1, 0.15) is 48.0 Å². The Morgan fingerprint density at radius 1 is 0.714 bits per heavy atom. The SMILES string of the molecule is CC(C)(C)[Si](C)(C)OCC[C@H](/C=C/[Si](C)(C)C)O[Si](c1ccccc1)(c1ccccc1)C(C)(C)C. The predicted octanol–water partition coefficient (Wildman–Crippen LogP) is 7.78. The topological polar surface area (TPSA) is 18.5 Å². The van der Waals surface area contributed by atoms with Gasteiger partial charge in [-0.15, -0.1) is 0 Å². The van der Waals surface area contributed by atoms with Crippen LogP contribution in [0.2, 0.25) is 42.8 Å². The van der Waals surface area contributed by atoms with Crippen molar-refractivity contribution in [1.82, 2.24) is 0 Å². The van der Waals surface area contributed by atoms with Crippen LogP contribution >= 0.6 is 0 Å². The van der Waals surface area contributed by atoms with Gasteiger partial charge in [0.2, 0.25) is 0 Å². The maximum absolute atomic E-state index is 7.48. The van der Waals surface area contributed by atoms with Gasteiger partial charge in [-0.05, 0) is 40.0 Å². The van der Waals surface area contributed by atoms with Gasteiger partial charge in [-0.25, -0.2) is 0 Å². The molecule has 0 unspecified atom stereocenters. The number of hydrogen-bond acceptors (Lipinski definition) is 2. The lowest BCUT2D eigenvalue weighted by atomic mass is 10.2. The fourth-order valence-corrected chi connectivity index (χ4v) is 10.7. The first-order chi connectivity index (χ1) is 16.0. The first-order valence-electron chi connectivity index (χ1n) is 13.1. The largest absolute Gasteiger partial charge is 0.417 e. The molecule has 2 nitrogen and oxygen atoms in total. The molecule has 0 fully saturated rings. The molecule has 35 heavy (non-hydrogen) atoms. The molecule has 0 heterocycles. The van der Waals surface area contributed by atoms with E-state index in [4.69, 9.17) is 8.85 Å². The zero-order chi connectivity index (χ0) is 26.5. The summed E-state index contributed by atoms with van der Waals surface area (Å²) in [7, 11) is -5.82. The third-order valence-electron chi connectivity index (χ3n) is 7.23. The molecule has 0 aliphatic carbocycles. The minimum Gasteiger partial charge on any atom is -0.417 e. The van der Waals surface area contributed by atoms with Crippen LogP contribution < -0.4 is 10.4 Å². The summed E-state index contributed by atoms with van der Waals surface area (Å²) in [6.07, 6.45) is 3.25. The summed E-state index contributed by atoms with van der Waals surface area (Å²) < 4.78 is 14.1. The van der Waals surface area contributed by atoms with Crippen LogP contribution in [0.25, 0.3) is 0 Å². The van der Waals surface area contributed by atoms with Gasteiger partial charge in [0.05, 0.1) is 14.2 Å². The van der Waals surface area contributed by atoms with Crippen molar-refractivity contribution in [2.45, 2.75) is 96.9 Å². The molecule has 0 aliphatic rings. The first-order valence-corrected chi connectivity index (χ1v) is 21.5. The van der Waals surface area contributed by atoms with E-state index in [1.54, 1.807) is 0 Å². The van der Waals surface area contributed by atoms with Gasteiger partial charge in [0.15, 0.2) is 8.32 Å². The third kappa shape index (κ3) is 7.86. The summed E-state index contributed by atoms with van der Waals surface area (Å²) in [5.74, 6) is 0. The van der Waals surface area contributed by atoms with Crippen molar-refractivity contribution in [3.05, 3.63) is 72.4 Å². The molecule has 0 saturated carbocycles. The van der Waals surface area contributed by atoms with Crippen molar-refractivity contribution >= 4 is 35.1 Å². The van der Waals surface area contributed by atoms with Gasteiger partial charge < -0.3 is 8.85 Å². The lowest BCUT2D eigenvalue weighted by molar-refractivity contribution is 0.181. The fourth-order valence-electron chi connectivity index (χ4n) is 4.16. The van der Waals surface area contributed by atoms with E-state index in [1.807, 2.05) is 0 Å². The van der Waals surface area contributed by atoms with Crippen LogP contribution in [0.5, 0.6) is 0 Å². The zero-order valence-electron chi connectivity index (χ0n) is 24.2. The van der Waals surface area contributed by atoms with Gasteiger partial charge in [-0.3, -0.25) is 0 Å². The molecule has 0 aliphatic heterocycles. The quantitative estimate of drug-likeness (QED) is 0.294. The van der Waals surface area contributed by atoms with Crippen molar-refractivity contribution < 1.29 is 8.85 Å². The summed E-state index contributed by atoms with van der Waals surface area (Å²) in [4.78, 5) is 0. The molecule has 5 heteroatoms. The van der Waals surface area contributed by atoms with Crippen molar-refractivity contribution in [2.24, 2.45) is 0 Å². The number of rotatable bonds is 10. The van der Waals surface area contributed by atoms with Crippen LogP contribution in [0, 0.1) is 0 Å². The average Bonchev–Trinajstić information content (AvgIpc) is 2.74. The standard InChI is InChI=1S/C30H50O2Si3/c1-29(2,3)34(10,11)31-24-22-26(23-25-33(7,8)9)32-35(30(4,5)6,27-18-14-12-15-19-27)28-20-16-13-17-21-28/h12-21,23,25-26H,22,24H2,1-11H3/b25-23+/t26-/m1/s1. The molecular formula is C30H50O2Si3. The normalized spacial score (nSPS) is 14.9. The molecule has 2 rings (SSSR count). The highest BCUT2D eigenvalue weighted by atomic mass is 28.4. The van der Waals surface area contributed by atoms with Gasteiger partial charge in [0.25, 0.3) is 8.32 Å². The van der Waals surface area contributed by atoms with Crippen LogP contribution in [0.15, 0.2) is 72.4 Å². The highest BCUT2D eigenvalue weighted by Gasteiger charge is 2.51. The van der Waals surface area contributed by atoms with Gasteiger partial charge >= 0.3 is 0 Å². The Hall–Kier alpha value is -1.25. The second-order valence-corrected chi connectivity index (χ2v) is 27.6. The molecule has 0 spiro atoms. The monoisotopic (exact) mass is 526 g/mol. The molecule has 1 atom stereocenters. The van der Waals surface area contributed by atoms with Gasteiger partial charge in [-0.1, -0.05) is 134 Å². The zero-order valence-corrected chi connectivity index (χ0v) is 27.2. The number of hydrogen-bond donors (Lipinski definition) is 0. The van der Waals surface area contributed by atoms with E-state index in [9.17, 15) is 0 Å². The maximum atomic E-state index is 7.48. The van der Waals surface area contributed by atoms with E-state index < -0.39 is 24.7 Å². The molecular weight excluding hydrogens is 477 g/mol. The molecule has 0 amide bonds. The van der Waals surface area contributed by atoms with E-state index in [1.165, 1.54) is 10.4 Å². The Morgan fingerprint density at radius 2 is 1.17 bits per heavy atom. The summed E-state index contributed by atoms with van der Waals surface area (Å²) in [5.41, 5.74) is 2.45. The second-order valence-electron chi connectivity index (χ2n) is 13.4. The highest BCUT2D eigenvalue weighted by Crippen LogP contribution is 2.39. The average molecular weight is 527 g/mol. The van der Waals surface area contributed by atoms with E-state index in [0.717, 1.165) is 13.0 Å². The third-order valence-corrected chi connectivity index (χ3v) is 18.0. The van der Waals surface area contributed by atoms with Gasteiger partial charge in [0.1, 0.15) is 0 Å². The van der Waals surface area contributed by atoms with Crippen LogP contribution in [-0.4, -0.2) is 37.4 Å². The Morgan fingerprint density at radius 3 is 1.54 bits per heavy atom. The smallest absolute Gasteiger partial charge is 0.261 e. The van der Waals surface area contributed by atoms with E-state index in [0.29, 0.717) is 0 Å². The highest BCUT2D eigenvalue weighted by molar-refractivity contribution is 6.99. The predicted molar refractivity (Wildman–Crippen MR) is 163 cm³/mol. The second kappa shape index (κ2) is 11.4. The Labute approximate surface area is 219 Å². The first kappa shape index (κ1) is 30.0. The van der Waals surface area contributed by atoms with Crippen LogP contribution in [0.4, 0.5) is 0 Å². The molecule has 0 N–H and O–H groups in total. The molecule has 2 aromatic rings.